The summed E-state index contributed by atoms with van der Waals surface area (Å²) in [5, 5.41) is 8.26. The molecule has 1 atom stereocenters. The normalized spacial score (nSPS) is 21.2. The van der Waals surface area contributed by atoms with Crippen LogP contribution < -0.4 is 0 Å². The predicted octanol–water partition coefficient (Wildman–Crippen LogP) is 1.58. The highest BCUT2D eigenvalue weighted by atomic mass is 32.2. The molecule has 0 bridgehead atoms. The average Bonchev–Trinajstić information content (AvgIpc) is 2.89. The molecule has 0 aliphatic carbocycles. The Morgan fingerprint density at radius 1 is 1.53 bits per heavy atom. The maximum absolute atomic E-state index is 4.31. The van der Waals surface area contributed by atoms with E-state index in [0.717, 1.165) is 23.6 Å². The molecule has 4 nitrogen and oxygen atoms in total. The lowest BCUT2D eigenvalue weighted by atomic mass is 10.1. The van der Waals surface area contributed by atoms with E-state index >= 15 is 0 Å². The van der Waals surface area contributed by atoms with Crippen LogP contribution in [0, 0.1) is 5.92 Å². The van der Waals surface area contributed by atoms with E-state index in [0.29, 0.717) is 0 Å². The summed E-state index contributed by atoms with van der Waals surface area (Å²) in [6, 6.07) is 3.85. The van der Waals surface area contributed by atoms with Gasteiger partial charge in [0.25, 0.3) is 0 Å². The van der Waals surface area contributed by atoms with Gasteiger partial charge in [-0.05, 0) is 36.0 Å². The van der Waals surface area contributed by atoms with E-state index in [4.69, 9.17) is 0 Å². The molecule has 1 saturated heterocycles. The molecule has 1 aliphatic rings. The van der Waals surface area contributed by atoms with Crippen LogP contribution in [0.5, 0.6) is 0 Å². The molecule has 2 aromatic rings. The summed E-state index contributed by atoms with van der Waals surface area (Å²) in [4.78, 5) is 4.31. The molecule has 0 spiro atoms. The number of hydrogen-bond donors (Lipinski definition) is 0. The second kappa shape index (κ2) is 3.81. The Balaban J connectivity index is 1.90. The van der Waals surface area contributed by atoms with E-state index < -0.39 is 0 Å². The van der Waals surface area contributed by atoms with Crippen molar-refractivity contribution in [1.82, 2.24) is 20.0 Å². The Labute approximate surface area is 92.1 Å². The Kier molecular flexibility index (Phi) is 2.32. The van der Waals surface area contributed by atoms with Gasteiger partial charge in [-0.1, -0.05) is 5.21 Å². The first kappa shape index (κ1) is 9.15. The third-order valence-electron chi connectivity index (χ3n) is 2.73. The summed E-state index contributed by atoms with van der Waals surface area (Å²) in [7, 11) is 0. The monoisotopic (exact) mass is 220 g/mol. The van der Waals surface area contributed by atoms with Gasteiger partial charge in [0.05, 0.1) is 0 Å². The minimum absolute atomic E-state index is 0.738. The number of thioether (sulfide) groups is 1. The van der Waals surface area contributed by atoms with Gasteiger partial charge in [-0.3, -0.25) is 0 Å². The minimum Gasteiger partial charge on any atom is -0.235 e. The maximum Gasteiger partial charge on any atom is 0.178 e. The molecule has 1 unspecified atom stereocenters. The van der Waals surface area contributed by atoms with Gasteiger partial charge < -0.3 is 0 Å². The standard InChI is InChI=1S/C10H12N4S/c1-2-9-10(11-4-1)14(13-12-9)6-8-3-5-15-7-8/h1-2,4,8H,3,5-7H2. The highest BCUT2D eigenvalue weighted by molar-refractivity contribution is 7.99. The van der Waals surface area contributed by atoms with Gasteiger partial charge in [0.1, 0.15) is 5.52 Å². The van der Waals surface area contributed by atoms with E-state index in [1.165, 1.54) is 17.9 Å². The smallest absolute Gasteiger partial charge is 0.178 e. The molecule has 3 rings (SSSR count). The quantitative estimate of drug-likeness (QED) is 0.770. The van der Waals surface area contributed by atoms with Crippen LogP contribution in [0.2, 0.25) is 0 Å². The molecule has 0 saturated carbocycles. The van der Waals surface area contributed by atoms with Crippen molar-refractivity contribution in [3.05, 3.63) is 18.3 Å². The molecular weight excluding hydrogens is 208 g/mol. The van der Waals surface area contributed by atoms with Gasteiger partial charge in [-0.25, -0.2) is 9.67 Å². The van der Waals surface area contributed by atoms with Crippen molar-refractivity contribution in [2.75, 3.05) is 11.5 Å². The molecule has 0 radical (unpaired) electrons. The van der Waals surface area contributed by atoms with Crippen LogP contribution in [-0.4, -0.2) is 31.5 Å². The summed E-state index contributed by atoms with van der Waals surface area (Å²) in [6.07, 6.45) is 3.09. The zero-order valence-electron chi connectivity index (χ0n) is 8.33. The molecule has 1 fully saturated rings. The number of pyridine rings is 1. The van der Waals surface area contributed by atoms with Crippen LogP contribution in [0.3, 0.4) is 0 Å². The number of hydrogen-bond acceptors (Lipinski definition) is 4. The molecule has 5 heteroatoms. The molecular formula is C10H12N4S. The topological polar surface area (TPSA) is 43.6 Å². The Hall–Kier alpha value is -1.10. The van der Waals surface area contributed by atoms with Crippen molar-refractivity contribution in [2.45, 2.75) is 13.0 Å². The van der Waals surface area contributed by atoms with Crippen LogP contribution in [0.4, 0.5) is 0 Å². The summed E-state index contributed by atoms with van der Waals surface area (Å²) >= 11 is 2.03. The van der Waals surface area contributed by atoms with Crippen LogP contribution in [0.1, 0.15) is 6.42 Å². The maximum atomic E-state index is 4.31. The lowest BCUT2D eigenvalue weighted by molar-refractivity contribution is 0.457. The molecule has 78 valence electrons. The molecule has 0 N–H and O–H groups in total. The van der Waals surface area contributed by atoms with Gasteiger partial charge in [0.15, 0.2) is 5.65 Å². The van der Waals surface area contributed by atoms with Crippen LogP contribution in [0.25, 0.3) is 11.2 Å². The van der Waals surface area contributed by atoms with Gasteiger partial charge in [0, 0.05) is 12.7 Å². The number of rotatable bonds is 2. The first-order valence-electron chi connectivity index (χ1n) is 5.15. The fourth-order valence-electron chi connectivity index (χ4n) is 1.90. The predicted molar refractivity (Wildman–Crippen MR) is 60.8 cm³/mol. The summed E-state index contributed by atoms with van der Waals surface area (Å²) in [6.45, 7) is 0.959. The fraction of sp³-hybridized carbons (Fsp3) is 0.500. The van der Waals surface area contributed by atoms with Crippen molar-refractivity contribution >= 4 is 22.9 Å². The lowest BCUT2D eigenvalue weighted by Crippen LogP contribution is -2.11. The van der Waals surface area contributed by atoms with Crippen molar-refractivity contribution in [1.29, 1.82) is 0 Å². The Morgan fingerprint density at radius 2 is 2.53 bits per heavy atom. The van der Waals surface area contributed by atoms with Crippen molar-refractivity contribution in [3.8, 4) is 0 Å². The zero-order chi connectivity index (χ0) is 10.1. The Morgan fingerprint density at radius 3 is 3.40 bits per heavy atom. The Bertz CT molecular complexity index is 461. The summed E-state index contributed by atoms with van der Waals surface area (Å²) in [5.74, 6) is 3.26. The highest BCUT2D eigenvalue weighted by Crippen LogP contribution is 2.25. The van der Waals surface area contributed by atoms with E-state index in [1.807, 2.05) is 28.6 Å². The number of nitrogens with zero attached hydrogens (tertiary/aromatic N) is 4. The third-order valence-corrected chi connectivity index (χ3v) is 3.96. The van der Waals surface area contributed by atoms with Crippen molar-refractivity contribution in [3.63, 3.8) is 0 Å². The molecule has 2 aromatic heterocycles. The van der Waals surface area contributed by atoms with E-state index in [-0.39, 0.29) is 0 Å². The summed E-state index contributed by atoms with van der Waals surface area (Å²) < 4.78 is 1.94. The second-order valence-electron chi connectivity index (χ2n) is 3.85. The van der Waals surface area contributed by atoms with Gasteiger partial charge in [-0.2, -0.15) is 11.8 Å². The molecule has 0 amide bonds. The second-order valence-corrected chi connectivity index (χ2v) is 5.00. The first-order valence-corrected chi connectivity index (χ1v) is 6.31. The van der Waals surface area contributed by atoms with Gasteiger partial charge in [0.2, 0.25) is 0 Å². The highest BCUT2D eigenvalue weighted by Gasteiger charge is 2.17. The average molecular weight is 220 g/mol. The van der Waals surface area contributed by atoms with E-state index in [1.54, 1.807) is 6.20 Å². The fourth-order valence-corrected chi connectivity index (χ4v) is 3.18. The molecule has 0 aromatic carbocycles. The number of fused-ring (bicyclic) bond motifs is 1. The molecule has 3 heterocycles. The van der Waals surface area contributed by atoms with Crippen LogP contribution in [0.15, 0.2) is 18.3 Å². The summed E-state index contributed by atoms with van der Waals surface area (Å²) in [5.41, 5.74) is 1.80. The SMILES string of the molecule is c1cnc2c(c1)nnn2CC1CCSC1. The van der Waals surface area contributed by atoms with Gasteiger partial charge in [-0.15, -0.1) is 5.10 Å². The van der Waals surface area contributed by atoms with Crippen LogP contribution >= 0.6 is 11.8 Å². The zero-order valence-corrected chi connectivity index (χ0v) is 9.15. The third kappa shape index (κ3) is 1.71. The molecule has 15 heavy (non-hydrogen) atoms. The van der Waals surface area contributed by atoms with Crippen molar-refractivity contribution in [2.24, 2.45) is 5.92 Å². The largest absolute Gasteiger partial charge is 0.235 e. The minimum atomic E-state index is 0.738. The van der Waals surface area contributed by atoms with E-state index in [9.17, 15) is 0 Å². The van der Waals surface area contributed by atoms with E-state index in [2.05, 4.69) is 15.3 Å². The molecule has 1 aliphatic heterocycles. The lowest BCUT2D eigenvalue weighted by Gasteiger charge is -2.07. The first-order chi connectivity index (χ1) is 7.43. The number of aromatic nitrogens is 4. The van der Waals surface area contributed by atoms with Crippen LogP contribution in [-0.2, 0) is 6.54 Å². The van der Waals surface area contributed by atoms with Gasteiger partial charge >= 0.3 is 0 Å². The van der Waals surface area contributed by atoms with Crippen molar-refractivity contribution < 1.29 is 0 Å².